The van der Waals surface area contributed by atoms with E-state index in [-0.39, 0.29) is 11.7 Å². The minimum absolute atomic E-state index is 0.0401. The molecule has 122 valence electrons. The number of benzene rings is 2. The van der Waals surface area contributed by atoms with Crippen molar-refractivity contribution in [1.29, 1.82) is 0 Å². The highest BCUT2D eigenvalue weighted by molar-refractivity contribution is 8.27. The zero-order valence-electron chi connectivity index (χ0n) is 12.5. The smallest absolute Gasteiger partial charge is 0.270 e. The average molecular weight is 378 g/mol. The first-order valence-electron chi connectivity index (χ1n) is 6.91. The molecular weight excluding hydrogens is 366 g/mol. The summed E-state index contributed by atoms with van der Waals surface area (Å²) in [5.41, 5.74) is 1.29. The number of ether oxygens (including phenoxy) is 1. The average Bonchev–Trinajstić information content (AvgIpc) is 2.84. The number of phenolic OH excluding ortho intramolecular Hbond substituents is 1. The van der Waals surface area contributed by atoms with Gasteiger partial charge in [0.2, 0.25) is 0 Å². The van der Waals surface area contributed by atoms with Crippen molar-refractivity contribution in [1.82, 2.24) is 0 Å². The summed E-state index contributed by atoms with van der Waals surface area (Å²) in [7, 11) is 1.47. The molecule has 0 radical (unpaired) electrons. The molecule has 1 aliphatic rings. The van der Waals surface area contributed by atoms with Gasteiger partial charge >= 0.3 is 0 Å². The number of nitrogens with zero attached hydrogens (tertiary/aromatic N) is 1. The number of hydrogen-bond donors (Lipinski definition) is 1. The molecule has 0 spiro atoms. The van der Waals surface area contributed by atoms with Crippen LogP contribution in [0.1, 0.15) is 5.56 Å². The molecule has 0 bridgehead atoms. The van der Waals surface area contributed by atoms with Crippen molar-refractivity contribution < 1.29 is 14.6 Å². The third-order valence-electron chi connectivity index (χ3n) is 3.39. The number of thiocarbonyl (C=S) groups is 1. The van der Waals surface area contributed by atoms with Crippen LogP contribution in [0.25, 0.3) is 6.08 Å². The van der Waals surface area contributed by atoms with Crippen LogP contribution in [0.3, 0.4) is 0 Å². The molecule has 4 nitrogen and oxygen atoms in total. The highest BCUT2D eigenvalue weighted by Gasteiger charge is 2.34. The number of methoxy groups -OCH3 is 1. The highest BCUT2D eigenvalue weighted by Crippen LogP contribution is 2.39. The molecule has 2 aromatic rings. The molecule has 3 rings (SSSR count). The van der Waals surface area contributed by atoms with E-state index in [1.807, 2.05) is 0 Å². The van der Waals surface area contributed by atoms with E-state index in [1.54, 1.807) is 42.5 Å². The Morgan fingerprint density at radius 3 is 2.75 bits per heavy atom. The van der Waals surface area contributed by atoms with Gasteiger partial charge in [0, 0.05) is 0 Å². The summed E-state index contributed by atoms with van der Waals surface area (Å²) in [6.45, 7) is 0. The Morgan fingerprint density at radius 2 is 2.04 bits per heavy atom. The molecule has 0 aromatic heterocycles. The van der Waals surface area contributed by atoms with Crippen LogP contribution in [0, 0.1) is 0 Å². The second-order valence-electron chi connectivity index (χ2n) is 4.90. The predicted octanol–water partition coefficient (Wildman–Crippen LogP) is 4.46. The standard InChI is InChI=1S/C17H12ClNO3S2/c1-22-14-8-10(6-7-13(14)20)9-15-16(21)19(17(23)24-15)12-5-3-2-4-11(12)18/h2-9,20H,1H3/b15-9-. The van der Waals surface area contributed by atoms with Gasteiger partial charge in [-0.25, -0.2) is 0 Å². The van der Waals surface area contributed by atoms with Gasteiger partial charge in [0.05, 0.1) is 22.7 Å². The Bertz CT molecular complexity index is 867. The Morgan fingerprint density at radius 1 is 1.29 bits per heavy atom. The lowest BCUT2D eigenvalue weighted by Crippen LogP contribution is -2.27. The first-order chi connectivity index (χ1) is 11.5. The lowest BCUT2D eigenvalue weighted by atomic mass is 10.2. The van der Waals surface area contributed by atoms with Crippen LogP contribution in [-0.4, -0.2) is 22.4 Å². The number of hydrogen-bond acceptors (Lipinski definition) is 5. The molecule has 1 amide bonds. The maximum Gasteiger partial charge on any atom is 0.270 e. The van der Waals surface area contributed by atoms with E-state index in [9.17, 15) is 9.90 Å². The summed E-state index contributed by atoms with van der Waals surface area (Å²) >= 11 is 12.7. The summed E-state index contributed by atoms with van der Waals surface area (Å²) in [5, 5.41) is 10.1. The first kappa shape index (κ1) is 16.8. The third kappa shape index (κ3) is 3.13. The van der Waals surface area contributed by atoms with Gasteiger partial charge in [-0.3, -0.25) is 9.69 Å². The van der Waals surface area contributed by atoms with Crippen LogP contribution in [0.4, 0.5) is 5.69 Å². The van der Waals surface area contributed by atoms with E-state index in [0.29, 0.717) is 25.7 Å². The van der Waals surface area contributed by atoms with E-state index in [4.69, 9.17) is 28.6 Å². The van der Waals surface area contributed by atoms with Crippen LogP contribution < -0.4 is 9.64 Å². The minimum Gasteiger partial charge on any atom is -0.504 e. The number of anilines is 1. The van der Waals surface area contributed by atoms with Crippen LogP contribution in [0.2, 0.25) is 5.02 Å². The van der Waals surface area contributed by atoms with E-state index >= 15 is 0 Å². The number of carbonyl (C=O) groups excluding carboxylic acids is 1. The maximum absolute atomic E-state index is 12.7. The van der Waals surface area contributed by atoms with E-state index in [1.165, 1.54) is 29.8 Å². The van der Waals surface area contributed by atoms with Gasteiger partial charge in [-0.2, -0.15) is 0 Å². The fraction of sp³-hybridized carbons (Fsp3) is 0.0588. The van der Waals surface area contributed by atoms with Crippen molar-refractivity contribution >= 4 is 57.6 Å². The normalized spacial score (nSPS) is 16.1. The number of halogens is 1. The molecule has 0 unspecified atom stereocenters. The van der Waals surface area contributed by atoms with Crippen molar-refractivity contribution in [3.8, 4) is 11.5 Å². The third-order valence-corrected chi connectivity index (χ3v) is 5.01. The predicted molar refractivity (Wildman–Crippen MR) is 102 cm³/mol. The number of rotatable bonds is 3. The second kappa shape index (κ2) is 6.84. The quantitative estimate of drug-likeness (QED) is 0.632. The number of phenols is 1. The molecule has 1 fully saturated rings. The number of para-hydroxylation sites is 1. The van der Waals surface area contributed by atoms with Gasteiger partial charge in [-0.15, -0.1) is 0 Å². The van der Waals surface area contributed by atoms with Gasteiger partial charge in [0.25, 0.3) is 5.91 Å². The maximum atomic E-state index is 12.7. The van der Waals surface area contributed by atoms with Crippen LogP contribution in [-0.2, 0) is 4.79 Å². The molecule has 1 saturated heterocycles. The largest absolute Gasteiger partial charge is 0.504 e. The number of amides is 1. The van der Waals surface area contributed by atoms with E-state index < -0.39 is 0 Å². The topological polar surface area (TPSA) is 49.8 Å². The lowest BCUT2D eigenvalue weighted by molar-refractivity contribution is -0.113. The Kier molecular flexibility index (Phi) is 4.80. The van der Waals surface area contributed by atoms with Crippen LogP contribution in [0.5, 0.6) is 11.5 Å². The molecule has 7 heteroatoms. The Hall–Kier alpha value is -2.02. The minimum atomic E-state index is -0.231. The van der Waals surface area contributed by atoms with Crippen molar-refractivity contribution in [2.45, 2.75) is 0 Å². The fourth-order valence-electron chi connectivity index (χ4n) is 2.24. The number of carbonyl (C=O) groups is 1. The van der Waals surface area contributed by atoms with Gasteiger partial charge in [-0.05, 0) is 35.9 Å². The molecule has 24 heavy (non-hydrogen) atoms. The van der Waals surface area contributed by atoms with Crippen molar-refractivity contribution in [2.75, 3.05) is 12.0 Å². The lowest BCUT2D eigenvalue weighted by Gasteiger charge is -2.15. The van der Waals surface area contributed by atoms with Gasteiger partial charge < -0.3 is 9.84 Å². The van der Waals surface area contributed by atoms with Crippen LogP contribution >= 0.6 is 35.6 Å². The summed E-state index contributed by atoms with van der Waals surface area (Å²) in [4.78, 5) is 14.6. The molecule has 1 aliphatic heterocycles. The molecule has 0 aliphatic carbocycles. The molecule has 0 atom stereocenters. The van der Waals surface area contributed by atoms with Crippen LogP contribution in [0.15, 0.2) is 47.4 Å². The van der Waals surface area contributed by atoms with Gasteiger partial charge in [0.1, 0.15) is 0 Å². The molecular formula is C17H12ClNO3S2. The number of aromatic hydroxyl groups is 1. The fourth-order valence-corrected chi connectivity index (χ4v) is 3.75. The summed E-state index contributed by atoms with van der Waals surface area (Å²) in [6, 6.07) is 11.9. The highest BCUT2D eigenvalue weighted by atomic mass is 35.5. The molecule has 0 saturated carbocycles. The van der Waals surface area contributed by atoms with Crippen molar-refractivity contribution in [3.63, 3.8) is 0 Å². The number of thioether (sulfide) groups is 1. The van der Waals surface area contributed by atoms with Gasteiger partial charge in [-0.1, -0.05) is 53.8 Å². The van der Waals surface area contributed by atoms with Crippen molar-refractivity contribution in [3.05, 3.63) is 58.0 Å². The zero-order valence-corrected chi connectivity index (χ0v) is 14.9. The molecule has 1 N–H and O–H groups in total. The Balaban J connectivity index is 1.96. The summed E-state index contributed by atoms with van der Waals surface area (Å²) < 4.78 is 5.50. The summed E-state index contributed by atoms with van der Waals surface area (Å²) in [5.74, 6) is 0.147. The SMILES string of the molecule is COc1cc(/C=C2\SC(=S)N(c3ccccc3Cl)C2=O)ccc1O. The van der Waals surface area contributed by atoms with Gasteiger partial charge in [0.15, 0.2) is 15.8 Å². The molecule has 1 heterocycles. The van der Waals surface area contributed by atoms with E-state index in [0.717, 1.165) is 5.56 Å². The Labute approximate surface area is 153 Å². The monoisotopic (exact) mass is 377 g/mol. The second-order valence-corrected chi connectivity index (χ2v) is 6.98. The molecule has 2 aromatic carbocycles. The van der Waals surface area contributed by atoms with E-state index in [2.05, 4.69) is 0 Å². The zero-order chi connectivity index (χ0) is 17.3. The summed E-state index contributed by atoms with van der Waals surface area (Å²) in [6.07, 6.45) is 1.71. The van der Waals surface area contributed by atoms with Crippen molar-refractivity contribution in [2.24, 2.45) is 0 Å². The first-order valence-corrected chi connectivity index (χ1v) is 8.51.